The number of rotatable bonds is 5. The summed E-state index contributed by atoms with van der Waals surface area (Å²) >= 11 is 0. The van der Waals surface area contributed by atoms with E-state index in [1.165, 1.54) is 10.4 Å². The summed E-state index contributed by atoms with van der Waals surface area (Å²) in [6.45, 7) is 2.89. The van der Waals surface area contributed by atoms with Gasteiger partial charge in [0.1, 0.15) is 0 Å². The van der Waals surface area contributed by atoms with E-state index >= 15 is 0 Å². The average Bonchev–Trinajstić information content (AvgIpc) is 3.48. The maximum absolute atomic E-state index is 13.3. The lowest BCUT2D eigenvalue weighted by Crippen LogP contribution is -2.40. The van der Waals surface area contributed by atoms with Crippen LogP contribution in [0.2, 0.25) is 0 Å². The van der Waals surface area contributed by atoms with E-state index in [-0.39, 0.29) is 23.7 Å². The Hall–Kier alpha value is -3.15. The van der Waals surface area contributed by atoms with Crippen LogP contribution in [0.25, 0.3) is 11.0 Å². The predicted octanol–water partition coefficient (Wildman–Crippen LogP) is 1.73. The molecule has 3 N–H and O–H groups in total. The largest absolute Gasteiger partial charge is 0.379 e. The number of carbonyl (C=O) groups excluding carboxylic acids is 1. The van der Waals surface area contributed by atoms with Gasteiger partial charge in [0.15, 0.2) is 0 Å². The normalized spacial score (nSPS) is 17.5. The SMILES string of the molecule is O=C(Nc1ccc2[nH]c(=O)[nH]c2c1)c1cc(S(=O)(=O)N2CCOCC2)ccc1N1CCCC1. The fourth-order valence-electron chi connectivity index (χ4n) is 4.34. The van der Waals surface area contributed by atoms with Crippen LogP contribution in [0, 0.1) is 0 Å². The van der Waals surface area contributed by atoms with Crippen molar-refractivity contribution in [2.45, 2.75) is 17.7 Å². The Morgan fingerprint density at radius 2 is 1.67 bits per heavy atom. The Morgan fingerprint density at radius 1 is 0.939 bits per heavy atom. The van der Waals surface area contributed by atoms with Gasteiger partial charge in [-0.1, -0.05) is 0 Å². The minimum atomic E-state index is -3.75. The van der Waals surface area contributed by atoms with Gasteiger partial charge in [0, 0.05) is 37.6 Å². The van der Waals surface area contributed by atoms with Crippen LogP contribution in [0.1, 0.15) is 23.2 Å². The second-order valence-corrected chi connectivity index (χ2v) is 10.1. The summed E-state index contributed by atoms with van der Waals surface area (Å²) in [4.78, 5) is 32.4. The molecule has 0 saturated carbocycles. The molecule has 11 heteroatoms. The molecule has 0 aliphatic carbocycles. The van der Waals surface area contributed by atoms with Gasteiger partial charge in [-0.2, -0.15) is 4.31 Å². The van der Waals surface area contributed by atoms with Crippen LogP contribution < -0.4 is 15.9 Å². The lowest BCUT2D eigenvalue weighted by Gasteiger charge is -2.27. The molecule has 0 bridgehead atoms. The van der Waals surface area contributed by atoms with E-state index in [4.69, 9.17) is 4.74 Å². The van der Waals surface area contributed by atoms with E-state index in [0.717, 1.165) is 25.9 Å². The predicted molar refractivity (Wildman–Crippen MR) is 124 cm³/mol. The molecule has 5 rings (SSSR count). The number of hydrogen-bond donors (Lipinski definition) is 3. The van der Waals surface area contributed by atoms with E-state index < -0.39 is 15.9 Å². The number of imidazole rings is 1. The first-order chi connectivity index (χ1) is 15.9. The van der Waals surface area contributed by atoms with Gasteiger partial charge >= 0.3 is 5.69 Å². The zero-order valence-corrected chi connectivity index (χ0v) is 18.8. The number of hydrogen-bond acceptors (Lipinski definition) is 6. The maximum Gasteiger partial charge on any atom is 0.323 e. The van der Waals surface area contributed by atoms with Crippen LogP contribution in [0.15, 0.2) is 46.1 Å². The topological polar surface area (TPSA) is 128 Å². The molecule has 0 spiro atoms. The minimum Gasteiger partial charge on any atom is -0.379 e. The number of H-pyrrole nitrogens is 2. The third-order valence-electron chi connectivity index (χ3n) is 6.04. The number of carbonyl (C=O) groups is 1. The molecule has 1 amide bonds. The molecular weight excluding hydrogens is 446 g/mol. The van der Waals surface area contributed by atoms with Crippen molar-refractivity contribution < 1.29 is 17.9 Å². The summed E-state index contributed by atoms with van der Waals surface area (Å²) < 4.78 is 33.0. The Balaban J connectivity index is 1.50. The quantitative estimate of drug-likeness (QED) is 0.520. The number of aromatic nitrogens is 2. The highest BCUT2D eigenvalue weighted by Gasteiger charge is 2.29. The Kier molecular flexibility index (Phi) is 5.69. The average molecular weight is 472 g/mol. The summed E-state index contributed by atoms with van der Waals surface area (Å²) in [5, 5.41) is 2.85. The number of nitrogens with one attached hydrogen (secondary N) is 3. The standard InChI is InChI=1S/C22H25N5O5S/c28-21(23-15-3-5-18-19(13-15)25-22(29)24-18)17-14-16(4-6-20(17)26-7-1-2-8-26)33(30,31)27-9-11-32-12-10-27/h3-6,13-14H,1-2,7-12H2,(H,23,28)(H2,24,25,29). The maximum atomic E-state index is 13.3. The van der Waals surface area contributed by atoms with Crippen LogP contribution in [0.3, 0.4) is 0 Å². The summed E-state index contributed by atoms with van der Waals surface area (Å²) in [6.07, 6.45) is 2.04. The van der Waals surface area contributed by atoms with Gasteiger partial charge in [-0.25, -0.2) is 13.2 Å². The van der Waals surface area contributed by atoms with Crippen molar-refractivity contribution in [1.29, 1.82) is 0 Å². The molecule has 0 radical (unpaired) electrons. The molecule has 2 aliphatic rings. The van der Waals surface area contributed by atoms with Gasteiger partial charge < -0.3 is 24.9 Å². The zero-order chi connectivity index (χ0) is 23.0. The van der Waals surface area contributed by atoms with E-state index in [1.54, 1.807) is 30.3 Å². The molecule has 2 fully saturated rings. The second kappa shape index (κ2) is 8.65. The molecule has 2 aromatic carbocycles. The minimum absolute atomic E-state index is 0.0860. The van der Waals surface area contributed by atoms with Crippen LogP contribution in [0.4, 0.5) is 11.4 Å². The van der Waals surface area contributed by atoms with Crippen molar-refractivity contribution in [2.75, 3.05) is 49.6 Å². The number of fused-ring (bicyclic) bond motifs is 1. The highest BCUT2D eigenvalue weighted by molar-refractivity contribution is 7.89. The molecule has 3 aromatic rings. The van der Waals surface area contributed by atoms with Crippen LogP contribution in [-0.2, 0) is 14.8 Å². The molecule has 0 unspecified atom stereocenters. The zero-order valence-electron chi connectivity index (χ0n) is 18.0. The smallest absolute Gasteiger partial charge is 0.323 e. The Labute approximate surface area is 190 Å². The van der Waals surface area contributed by atoms with Crippen LogP contribution in [0.5, 0.6) is 0 Å². The van der Waals surface area contributed by atoms with Gasteiger partial charge in [-0.3, -0.25) is 4.79 Å². The number of morpholine rings is 1. The van der Waals surface area contributed by atoms with E-state index in [9.17, 15) is 18.0 Å². The summed E-state index contributed by atoms with van der Waals surface area (Å²) in [5.74, 6) is -0.409. The van der Waals surface area contributed by atoms with Crippen molar-refractivity contribution in [3.05, 3.63) is 52.4 Å². The van der Waals surface area contributed by atoms with Crippen molar-refractivity contribution in [3.63, 3.8) is 0 Å². The summed E-state index contributed by atoms with van der Waals surface area (Å²) in [5.41, 5.74) is 2.38. The fourth-order valence-corrected chi connectivity index (χ4v) is 5.77. The lowest BCUT2D eigenvalue weighted by molar-refractivity contribution is 0.0730. The highest BCUT2D eigenvalue weighted by atomic mass is 32.2. The van der Waals surface area contributed by atoms with E-state index in [1.807, 2.05) is 0 Å². The van der Waals surface area contributed by atoms with Crippen molar-refractivity contribution in [2.24, 2.45) is 0 Å². The fraction of sp³-hybridized carbons (Fsp3) is 0.364. The van der Waals surface area contributed by atoms with Crippen molar-refractivity contribution >= 4 is 38.3 Å². The van der Waals surface area contributed by atoms with Gasteiger partial charge in [-0.15, -0.1) is 0 Å². The van der Waals surface area contributed by atoms with Gasteiger partial charge in [0.05, 0.1) is 34.7 Å². The van der Waals surface area contributed by atoms with E-state index in [0.29, 0.717) is 41.2 Å². The van der Waals surface area contributed by atoms with Gasteiger partial charge in [0.25, 0.3) is 5.91 Å². The molecule has 0 atom stereocenters. The molecular formula is C22H25N5O5S. The van der Waals surface area contributed by atoms with Crippen molar-refractivity contribution in [1.82, 2.24) is 14.3 Å². The highest BCUT2D eigenvalue weighted by Crippen LogP contribution is 2.29. The molecule has 2 aliphatic heterocycles. The first-order valence-electron chi connectivity index (χ1n) is 10.9. The second-order valence-electron chi connectivity index (χ2n) is 8.18. The number of sulfonamides is 1. The Bertz CT molecular complexity index is 1350. The lowest BCUT2D eigenvalue weighted by atomic mass is 10.1. The van der Waals surface area contributed by atoms with Gasteiger partial charge in [-0.05, 0) is 49.2 Å². The van der Waals surface area contributed by atoms with Crippen LogP contribution >= 0.6 is 0 Å². The third-order valence-corrected chi connectivity index (χ3v) is 7.94. The van der Waals surface area contributed by atoms with Crippen molar-refractivity contribution in [3.8, 4) is 0 Å². The summed E-state index contributed by atoms with van der Waals surface area (Å²) in [7, 11) is -3.75. The summed E-state index contributed by atoms with van der Waals surface area (Å²) in [6, 6.07) is 9.81. The number of benzene rings is 2. The van der Waals surface area contributed by atoms with Crippen LogP contribution in [-0.4, -0.2) is 68.0 Å². The number of ether oxygens (including phenoxy) is 1. The Morgan fingerprint density at radius 3 is 2.42 bits per heavy atom. The molecule has 174 valence electrons. The number of nitrogens with zero attached hydrogens (tertiary/aromatic N) is 2. The molecule has 10 nitrogen and oxygen atoms in total. The van der Waals surface area contributed by atoms with E-state index in [2.05, 4.69) is 20.2 Å². The molecule has 2 saturated heterocycles. The first kappa shape index (κ1) is 21.7. The van der Waals surface area contributed by atoms with Gasteiger partial charge in [0.2, 0.25) is 10.0 Å². The molecule has 33 heavy (non-hydrogen) atoms. The third kappa shape index (κ3) is 4.26. The number of aromatic amines is 2. The molecule has 1 aromatic heterocycles. The first-order valence-corrected chi connectivity index (χ1v) is 12.4. The monoisotopic (exact) mass is 471 g/mol. The number of anilines is 2. The number of amides is 1. The molecule has 3 heterocycles.